The van der Waals surface area contributed by atoms with Crippen molar-refractivity contribution in [3.05, 3.63) is 0 Å². The Balaban J connectivity index is 0.844. The Kier molecular flexibility index (Phi) is 13.9. The van der Waals surface area contributed by atoms with Crippen molar-refractivity contribution < 1.29 is 99.2 Å². The van der Waals surface area contributed by atoms with Crippen molar-refractivity contribution in [2.24, 2.45) is 52.3 Å². The fourth-order valence-electron chi connectivity index (χ4n) is 14.8. The zero-order valence-corrected chi connectivity index (χ0v) is 37.6. The van der Waals surface area contributed by atoms with Crippen LogP contribution in [0, 0.1) is 52.3 Å². The molecular formula is C45H74O20. The lowest BCUT2D eigenvalue weighted by Crippen LogP contribution is -2.67. The van der Waals surface area contributed by atoms with E-state index in [-0.39, 0.29) is 41.6 Å². The molecule has 1 spiro atoms. The van der Waals surface area contributed by atoms with Crippen LogP contribution in [0.5, 0.6) is 0 Å². The van der Waals surface area contributed by atoms with Gasteiger partial charge in [-0.1, -0.05) is 27.7 Å². The SMILES string of the molecule is CC1CCC2(OC1)OC1CC3C4CC(O)C5CC(OC6OC(CO)C(OC7OC(CO)C(O)C(OC8OC(CO)C(O)C(O)C8O)C7O)C(O)C6O)C(O)CC5(C)C4CCC3(C)C1C2C. The Labute approximate surface area is 378 Å². The lowest BCUT2D eigenvalue weighted by Gasteiger charge is -2.63. The summed E-state index contributed by atoms with van der Waals surface area (Å²) in [5.74, 6) is 1.25. The van der Waals surface area contributed by atoms with E-state index in [9.17, 15) is 61.3 Å². The maximum atomic E-state index is 12.0. The van der Waals surface area contributed by atoms with Crippen LogP contribution in [0.4, 0.5) is 0 Å². The first-order valence-corrected chi connectivity index (χ1v) is 24.0. The molecule has 4 saturated carbocycles. The summed E-state index contributed by atoms with van der Waals surface area (Å²) in [5.41, 5.74) is -0.379. The lowest BCUT2D eigenvalue weighted by molar-refractivity contribution is -0.383. The minimum absolute atomic E-state index is 0.0374. The molecule has 9 rings (SSSR count). The third-order valence-electron chi connectivity index (χ3n) is 18.3. The smallest absolute Gasteiger partial charge is 0.187 e. The van der Waals surface area contributed by atoms with Crippen molar-refractivity contribution in [2.45, 2.75) is 201 Å². The van der Waals surface area contributed by atoms with Crippen LogP contribution in [0.25, 0.3) is 0 Å². The molecule has 29 unspecified atom stereocenters. The average molecular weight is 935 g/mol. The van der Waals surface area contributed by atoms with Gasteiger partial charge in [0.2, 0.25) is 0 Å². The van der Waals surface area contributed by atoms with E-state index in [2.05, 4.69) is 27.7 Å². The first-order chi connectivity index (χ1) is 30.8. The molecule has 12 N–H and O–H groups in total. The molecule has 0 bridgehead atoms. The van der Waals surface area contributed by atoms with Crippen molar-refractivity contribution in [1.82, 2.24) is 0 Å². The van der Waals surface area contributed by atoms with Crippen molar-refractivity contribution in [3.8, 4) is 0 Å². The Morgan fingerprint density at radius 3 is 1.83 bits per heavy atom. The quantitative estimate of drug-likeness (QED) is 0.104. The third kappa shape index (κ3) is 8.08. The van der Waals surface area contributed by atoms with Gasteiger partial charge in [-0.25, -0.2) is 0 Å². The second-order valence-electron chi connectivity index (χ2n) is 21.8. The van der Waals surface area contributed by atoms with E-state index >= 15 is 0 Å². The normalized spacial score (nSPS) is 59.1. The first kappa shape index (κ1) is 49.2. The van der Waals surface area contributed by atoms with Gasteiger partial charge in [-0.15, -0.1) is 0 Å². The molecule has 9 fully saturated rings. The van der Waals surface area contributed by atoms with Gasteiger partial charge in [0.15, 0.2) is 24.7 Å². The highest BCUT2D eigenvalue weighted by molar-refractivity contribution is 5.17. The summed E-state index contributed by atoms with van der Waals surface area (Å²) in [6.45, 7) is 7.46. The minimum Gasteiger partial charge on any atom is -0.394 e. The highest BCUT2D eigenvalue weighted by atomic mass is 16.8. The lowest BCUT2D eigenvalue weighted by atomic mass is 9.43. The summed E-state index contributed by atoms with van der Waals surface area (Å²) in [5, 5.41) is 130. The Morgan fingerprint density at radius 1 is 0.554 bits per heavy atom. The third-order valence-corrected chi connectivity index (χ3v) is 18.3. The molecule has 0 aromatic heterocycles. The van der Waals surface area contributed by atoms with Gasteiger partial charge in [-0.3, -0.25) is 0 Å². The summed E-state index contributed by atoms with van der Waals surface area (Å²) in [6, 6.07) is 0. The predicted molar refractivity (Wildman–Crippen MR) is 218 cm³/mol. The molecule has 5 saturated heterocycles. The molecule has 9 aliphatic rings. The van der Waals surface area contributed by atoms with Crippen molar-refractivity contribution in [1.29, 1.82) is 0 Å². The number of hydrogen-bond acceptors (Lipinski definition) is 20. The maximum absolute atomic E-state index is 12.0. The summed E-state index contributed by atoms with van der Waals surface area (Å²) < 4.78 is 48.1. The number of fused-ring (bicyclic) bond motifs is 7. The maximum Gasteiger partial charge on any atom is 0.187 e. The molecule has 374 valence electrons. The Bertz CT molecular complexity index is 1630. The standard InChI is InChI=1S/C45H74O20/c1-17-5-8-45(58-16-17)18(2)30-26(65-45)10-21-19-9-23(49)22-11-25(24(50)12-44(22,4)20(19)6-7-43(21,30)3)59-40-36(56)34(54)38(29(15-48)62-40)63-42-37(57)39(32(52)28(14-47)61-42)64-41-35(55)33(53)31(51)27(13-46)60-41/h17-42,46-57H,5-16H2,1-4H3. The largest absolute Gasteiger partial charge is 0.394 e. The van der Waals surface area contributed by atoms with Gasteiger partial charge < -0.3 is 99.2 Å². The highest BCUT2D eigenvalue weighted by Crippen LogP contribution is 2.71. The van der Waals surface area contributed by atoms with E-state index in [0.717, 1.165) is 38.7 Å². The monoisotopic (exact) mass is 934 g/mol. The van der Waals surface area contributed by atoms with Gasteiger partial charge in [0.05, 0.1) is 50.8 Å². The van der Waals surface area contributed by atoms with Gasteiger partial charge in [-0.05, 0) is 91.3 Å². The van der Waals surface area contributed by atoms with Crippen LogP contribution in [0.15, 0.2) is 0 Å². The van der Waals surface area contributed by atoms with E-state index in [0.29, 0.717) is 30.6 Å². The van der Waals surface area contributed by atoms with E-state index in [1.54, 1.807) is 0 Å². The van der Waals surface area contributed by atoms with E-state index < -0.39 is 141 Å². The summed E-state index contributed by atoms with van der Waals surface area (Å²) in [4.78, 5) is 0. The zero-order chi connectivity index (χ0) is 46.7. The molecule has 29 atom stereocenters. The molecule has 0 amide bonds. The number of ether oxygens (including phenoxy) is 8. The van der Waals surface area contributed by atoms with Gasteiger partial charge in [0.1, 0.15) is 73.2 Å². The van der Waals surface area contributed by atoms with E-state index in [1.807, 2.05) is 0 Å². The van der Waals surface area contributed by atoms with Crippen LogP contribution in [0.1, 0.15) is 79.1 Å². The van der Waals surface area contributed by atoms with Crippen LogP contribution in [0.3, 0.4) is 0 Å². The van der Waals surface area contributed by atoms with E-state index in [4.69, 9.17) is 37.9 Å². The van der Waals surface area contributed by atoms with E-state index in [1.165, 1.54) is 0 Å². The molecule has 65 heavy (non-hydrogen) atoms. The molecule has 0 aromatic carbocycles. The molecule has 0 radical (unpaired) electrons. The van der Waals surface area contributed by atoms with Gasteiger partial charge >= 0.3 is 0 Å². The summed E-state index contributed by atoms with van der Waals surface area (Å²) in [6.07, 6.45) is -22.1. The van der Waals surface area contributed by atoms with Crippen molar-refractivity contribution in [3.63, 3.8) is 0 Å². The molecule has 4 aliphatic carbocycles. The van der Waals surface area contributed by atoms with Crippen molar-refractivity contribution >= 4 is 0 Å². The van der Waals surface area contributed by atoms with Crippen LogP contribution in [-0.4, -0.2) is 210 Å². The van der Waals surface area contributed by atoms with Crippen LogP contribution in [-0.2, 0) is 37.9 Å². The number of hydrogen-bond donors (Lipinski definition) is 12. The summed E-state index contributed by atoms with van der Waals surface area (Å²) >= 11 is 0. The van der Waals surface area contributed by atoms with Gasteiger partial charge in [0.25, 0.3) is 0 Å². The van der Waals surface area contributed by atoms with Crippen LogP contribution < -0.4 is 0 Å². The highest BCUT2D eigenvalue weighted by Gasteiger charge is 2.70. The predicted octanol–water partition coefficient (Wildman–Crippen LogP) is -2.79. The molecule has 0 aromatic rings. The topological polar surface area (TPSA) is 317 Å². The fourth-order valence-corrected chi connectivity index (χ4v) is 14.8. The molecule has 5 heterocycles. The van der Waals surface area contributed by atoms with Crippen LogP contribution >= 0.6 is 0 Å². The first-order valence-electron chi connectivity index (χ1n) is 24.0. The second kappa shape index (κ2) is 18.4. The Hall–Kier alpha value is -0.800. The average Bonchev–Trinajstić information content (AvgIpc) is 3.73. The minimum atomic E-state index is -1.96. The molecule has 5 aliphatic heterocycles. The second-order valence-corrected chi connectivity index (χ2v) is 21.8. The molecule has 20 heteroatoms. The number of rotatable bonds is 9. The molecule has 20 nitrogen and oxygen atoms in total. The summed E-state index contributed by atoms with van der Waals surface area (Å²) in [7, 11) is 0. The Morgan fingerprint density at radius 2 is 1.17 bits per heavy atom. The van der Waals surface area contributed by atoms with Gasteiger partial charge in [0, 0.05) is 12.3 Å². The van der Waals surface area contributed by atoms with Crippen LogP contribution in [0.2, 0.25) is 0 Å². The van der Waals surface area contributed by atoms with Gasteiger partial charge in [-0.2, -0.15) is 0 Å². The molecular weight excluding hydrogens is 860 g/mol. The number of aliphatic hydroxyl groups is 12. The fraction of sp³-hybridized carbons (Fsp3) is 1.00. The number of aliphatic hydroxyl groups excluding tert-OH is 12. The van der Waals surface area contributed by atoms with Crippen molar-refractivity contribution in [2.75, 3.05) is 26.4 Å². The zero-order valence-electron chi connectivity index (χ0n) is 37.6.